The monoisotopic (exact) mass is 388 g/mol. The summed E-state index contributed by atoms with van der Waals surface area (Å²) in [5.74, 6) is 0. The minimum Gasteiger partial charge on any atom is -0.394 e. The van der Waals surface area contributed by atoms with E-state index in [1.165, 1.54) is 28.2 Å². The van der Waals surface area contributed by atoms with Crippen molar-refractivity contribution in [3.05, 3.63) is 53.9 Å². The molecule has 1 aliphatic rings. The van der Waals surface area contributed by atoms with E-state index in [0.29, 0.717) is 4.88 Å². The van der Waals surface area contributed by atoms with E-state index in [4.69, 9.17) is 4.74 Å². The third-order valence-electron chi connectivity index (χ3n) is 3.61. The highest BCUT2D eigenvalue weighted by Crippen LogP contribution is 2.43. The molecule has 1 aliphatic heterocycles. The summed E-state index contributed by atoms with van der Waals surface area (Å²) in [6.45, 7) is -0.367. The first kappa shape index (κ1) is 15.6. The quantitative estimate of drug-likeness (QED) is 0.696. The highest BCUT2D eigenvalue weighted by Gasteiger charge is 2.50. The first-order valence-corrected chi connectivity index (χ1v) is 8.12. The van der Waals surface area contributed by atoms with Gasteiger partial charge in [-0.3, -0.25) is 14.3 Å². The van der Waals surface area contributed by atoms with Crippen LogP contribution in [0.15, 0.2) is 37.8 Å². The number of aliphatic hydroxyl groups is 2. The summed E-state index contributed by atoms with van der Waals surface area (Å²) in [6, 6.07) is 4.80. The number of aromatic nitrogens is 2. The lowest BCUT2D eigenvalue weighted by Gasteiger charge is -2.29. The first-order chi connectivity index (χ1) is 10.5. The van der Waals surface area contributed by atoms with E-state index in [0.717, 1.165) is 3.79 Å². The molecule has 9 heteroatoms. The minimum absolute atomic E-state index is 0.0944. The molecule has 3 rings (SSSR count). The molecule has 1 fully saturated rings. The van der Waals surface area contributed by atoms with Crippen LogP contribution in [0.25, 0.3) is 0 Å². The van der Waals surface area contributed by atoms with Gasteiger partial charge in [0.1, 0.15) is 6.10 Å². The number of nitrogens with one attached hydrogen (secondary N) is 1. The van der Waals surface area contributed by atoms with E-state index in [9.17, 15) is 19.8 Å². The van der Waals surface area contributed by atoms with Gasteiger partial charge in [-0.05, 0) is 28.1 Å². The number of hydrogen-bond acceptors (Lipinski definition) is 6. The van der Waals surface area contributed by atoms with Crippen LogP contribution in [0.2, 0.25) is 0 Å². The second-order valence-electron chi connectivity index (χ2n) is 4.98. The van der Waals surface area contributed by atoms with Gasteiger partial charge in [-0.15, -0.1) is 11.3 Å². The van der Waals surface area contributed by atoms with Crippen LogP contribution in [-0.4, -0.2) is 38.6 Å². The number of halogens is 1. The molecule has 0 bridgehead atoms. The van der Waals surface area contributed by atoms with Crippen LogP contribution in [0.3, 0.4) is 0 Å². The molecule has 0 amide bonds. The van der Waals surface area contributed by atoms with Gasteiger partial charge in [0.05, 0.1) is 21.4 Å². The average molecular weight is 389 g/mol. The SMILES string of the molecule is O=c1ccn([C@@]2(c3ccc(Br)s3)C[C@H](O)[C@@H](CO)O2)c(=O)[nH]1. The van der Waals surface area contributed by atoms with E-state index in [2.05, 4.69) is 20.9 Å². The van der Waals surface area contributed by atoms with Gasteiger partial charge in [0.2, 0.25) is 0 Å². The zero-order valence-electron chi connectivity index (χ0n) is 11.2. The maximum Gasteiger partial charge on any atom is 0.330 e. The third kappa shape index (κ3) is 2.48. The molecule has 22 heavy (non-hydrogen) atoms. The molecule has 3 heterocycles. The molecule has 0 aromatic carbocycles. The van der Waals surface area contributed by atoms with Crippen LogP contribution in [0.4, 0.5) is 0 Å². The van der Waals surface area contributed by atoms with Crippen LogP contribution < -0.4 is 11.2 Å². The highest BCUT2D eigenvalue weighted by atomic mass is 79.9. The largest absolute Gasteiger partial charge is 0.394 e. The van der Waals surface area contributed by atoms with Crippen molar-refractivity contribution in [2.75, 3.05) is 6.61 Å². The Hall–Kier alpha value is -1.26. The minimum atomic E-state index is -1.26. The standard InChI is InChI=1S/C13H13BrN2O5S/c14-10-2-1-9(22-10)13(5-7(18)8(6-17)21-13)16-4-3-11(19)15-12(16)20/h1-4,7-8,17-18H,5-6H2,(H,15,19,20)/t7-,8+,13-/m0/s1. The summed E-state index contributed by atoms with van der Waals surface area (Å²) >= 11 is 4.71. The summed E-state index contributed by atoms with van der Waals surface area (Å²) in [7, 11) is 0. The predicted octanol–water partition coefficient (Wildman–Crippen LogP) is 0.204. The van der Waals surface area contributed by atoms with Crippen molar-refractivity contribution in [1.29, 1.82) is 0 Å². The van der Waals surface area contributed by atoms with Gasteiger partial charge in [0.15, 0.2) is 5.72 Å². The van der Waals surface area contributed by atoms with E-state index in [1.807, 2.05) is 0 Å². The van der Waals surface area contributed by atoms with Crippen LogP contribution in [-0.2, 0) is 10.5 Å². The molecule has 3 N–H and O–H groups in total. The van der Waals surface area contributed by atoms with Gasteiger partial charge < -0.3 is 14.9 Å². The molecular formula is C13H13BrN2O5S. The van der Waals surface area contributed by atoms with Crippen molar-refractivity contribution in [1.82, 2.24) is 9.55 Å². The molecule has 3 atom stereocenters. The Morgan fingerprint density at radius 1 is 1.45 bits per heavy atom. The zero-order valence-corrected chi connectivity index (χ0v) is 13.6. The Labute approximate surface area is 136 Å². The number of rotatable bonds is 3. The van der Waals surface area contributed by atoms with Crippen LogP contribution >= 0.6 is 27.3 Å². The fourth-order valence-electron chi connectivity index (χ4n) is 2.61. The lowest BCUT2D eigenvalue weighted by atomic mass is 10.0. The Balaban J connectivity index is 2.20. The summed E-state index contributed by atoms with van der Waals surface area (Å²) in [5.41, 5.74) is -2.41. The normalized spacial score (nSPS) is 28.1. The number of hydrogen-bond donors (Lipinski definition) is 3. The number of aromatic amines is 1. The fraction of sp³-hybridized carbons (Fsp3) is 0.385. The van der Waals surface area contributed by atoms with Crippen molar-refractivity contribution in [3.8, 4) is 0 Å². The van der Waals surface area contributed by atoms with E-state index in [-0.39, 0.29) is 13.0 Å². The van der Waals surface area contributed by atoms with Gasteiger partial charge in [0.25, 0.3) is 5.56 Å². The molecule has 0 spiro atoms. The summed E-state index contributed by atoms with van der Waals surface area (Å²) in [6.07, 6.45) is -0.303. The van der Waals surface area contributed by atoms with Crippen molar-refractivity contribution in [2.24, 2.45) is 0 Å². The number of thiophene rings is 1. The van der Waals surface area contributed by atoms with Gasteiger partial charge >= 0.3 is 5.69 Å². The predicted molar refractivity (Wildman–Crippen MR) is 83.0 cm³/mol. The van der Waals surface area contributed by atoms with Gasteiger partial charge in [-0.25, -0.2) is 4.79 Å². The molecule has 0 aliphatic carbocycles. The first-order valence-electron chi connectivity index (χ1n) is 6.51. The maximum atomic E-state index is 12.2. The Kier molecular flexibility index (Phi) is 4.08. The molecule has 1 saturated heterocycles. The van der Waals surface area contributed by atoms with E-state index >= 15 is 0 Å². The van der Waals surface area contributed by atoms with Gasteiger partial charge in [-0.2, -0.15) is 0 Å². The summed E-state index contributed by atoms with van der Waals surface area (Å²) in [4.78, 5) is 26.3. The number of aliphatic hydroxyl groups excluding tert-OH is 2. The van der Waals surface area contributed by atoms with Gasteiger partial charge in [-0.1, -0.05) is 0 Å². The summed E-state index contributed by atoms with van der Waals surface area (Å²) < 4.78 is 7.93. The second-order valence-corrected chi connectivity index (χ2v) is 7.44. The fourth-order valence-corrected chi connectivity index (χ4v) is 4.14. The maximum absolute atomic E-state index is 12.2. The second kappa shape index (κ2) is 5.74. The number of ether oxygens (including phenoxy) is 1. The zero-order chi connectivity index (χ0) is 15.9. The molecule has 118 valence electrons. The van der Waals surface area contributed by atoms with Crippen LogP contribution in [0, 0.1) is 0 Å². The molecule has 0 saturated carbocycles. The van der Waals surface area contributed by atoms with E-state index in [1.54, 1.807) is 12.1 Å². The lowest BCUT2D eigenvalue weighted by molar-refractivity contribution is -0.0918. The summed E-state index contributed by atoms with van der Waals surface area (Å²) in [5, 5.41) is 19.5. The van der Waals surface area contributed by atoms with Crippen LogP contribution in [0.5, 0.6) is 0 Å². The third-order valence-corrected chi connectivity index (χ3v) is 5.37. The van der Waals surface area contributed by atoms with E-state index < -0.39 is 29.2 Å². The van der Waals surface area contributed by atoms with Gasteiger partial charge in [0, 0.05) is 18.7 Å². The van der Waals surface area contributed by atoms with Crippen molar-refractivity contribution >= 4 is 27.3 Å². The van der Waals surface area contributed by atoms with Crippen molar-refractivity contribution in [3.63, 3.8) is 0 Å². The molecule has 2 aromatic rings. The topological polar surface area (TPSA) is 105 Å². The molecule has 7 nitrogen and oxygen atoms in total. The molecule has 2 aromatic heterocycles. The lowest BCUT2D eigenvalue weighted by Crippen LogP contribution is -2.44. The number of H-pyrrole nitrogens is 1. The Bertz CT molecular complexity index is 800. The Morgan fingerprint density at radius 3 is 2.77 bits per heavy atom. The highest BCUT2D eigenvalue weighted by molar-refractivity contribution is 9.11. The van der Waals surface area contributed by atoms with Crippen molar-refractivity contribution < 1.29 is 14.9 Å². The molecule has 0 radical (unpaired) electrons. The smallest absolute Gasteiger partial charge is 0.330 e. The number of nitrogens with zero attached hydrogens (tertiary/aromatic N) is 1. The molecular weight excluding hydrogens is 376 g/mol. The average Bonchev–Trinajstić information content (AvgIpc) is 3.03. The van der Waals surface area contributed by atoms with Crippen LogP contribution in [0.1, 0.15) is 11.3 Å². The van der Waals surface area contributed by atoms with Crippen molar-refractivity contribution in [2.45, 2.75) is 24.4 Å². The molecule has 0 unspecified atom stereocenters. The Morgan fingerprint density at radius 2 is 2.23 bits per heavy atom.